The number of aliphatic carboxylic acids is 1. The smallest absolute Gasteiger partial charge is 0.314 e. The molecule has 16 heavy (non-hydrogen) atoms. The second kappa shape index (κ2) is 4.21. The van der Waals surface area contributed by atoms with Crippen LogP contribution in [0.4, 0.5) is 0 Å². The molecule has 2 rings (SSSR count). The standard InChI is InChI=1S/C13H15BrO2/c1-2-9-7-13(8-9,12(15)16)10-4-3-5-11(14)6-10/h3-6,9H,2,7-8H2,1H3,(H,15,16). The summed E-state index contributed by atoms with van der Waals surface area (Å²) in [5, 5.41) is 9.43. The lowest BCUT2D eigenvalue weighted by atomic mass is 9.58. The molecule has 0 saturated heterocycles. The molecular formula is C13H15BrO2. The van der Waals surface area contributed by atoms with Gasteiger partial charge in [0.2, 0.25) is 0 Å². The van der Waals surface area contributed by atoms with E-state index in [2.05, 4.69) is 22.9 Å². The van der Waals surface area contributed by atoms with Crippen molar-refractivity contribution in [3.05, 3.63) is 34.3 Å². The Kier molecular flexibility index (Phi) is 3.06. The van der Waals surface area contributed by atoms with E-state index in [1.165, 1.54) is 0 Å². The van der Waals surface area contributed by atoms with Crippen molar-refractivity contribution in [2.45, 2.75) is 31.6 Å². The summed E-state index contributed by atoms with van der Waals surface area (Å²) in [6.45, 7) is 2.12. The molecule has 0 heterocycles. The Bertz CT molecular complexity index is 408. The highest BCUT2D eigenvalue weighted by Crippen LogP contribution is 2.49. The van der Waals surface area contributed by atoms with Crippen molar-refractivity contribution in [2.24, 2.45) is 5.92 Å². The van der Waals surface area contributed by atoms with E-state index in [1.807, 2.05) is 24.3 Å². The number of hydrogen-bond donors (Lipinski definition) is 1. The van der Waals surface area contributed by atoms with Gasteiger partial charge in [0.25, 0.3) is 0 Å². The molecule has 1 aliphatic carbocycles. The van der Waals surface area contributed by atoms with Crippen molar-refractivity contribution in [1.82, 2.24) is 0 Å². The van der Waals surface area contributed by atoms with Gasteiger partial charge in [0.1, 0.15) is 0 Å². The molecule has 0 aliphatic heterocycles. The van der Waals surface area contributed by atoms with E-state index in [0.717, 1.165) is 29.3 Å². The maximum absolute atomic E-state index is 11.5. The molecule has 1 aromatic carbocycles. The number of hydrogen-bond acceptors (Lipinski definition) is 1. The molecule has 86 valence electrons. The molecule has 1 aliphatic rings. The zero-order chi connectivity index (χ0) is 11.8. The van der Waals surface area contributed by atoms with E-state index in [1.54, 1.807) is 0 Å². The summed E-state index contributed by atoms with van der Waals surface area (Å²) in [5.74, 6) is -0.120. The number of benzene rings is 1. The zero-order valence-electron chi connectivity index (χ0n) is 9.24. The minimum Gasteiger partial charge on any atom is -0.481 e. The summed E-state index contributed by atoms with van der Waals surface area (Å²) >= 11 is 3.40. The summed E-state index contributed by atoms with van der Waals surface area (Å²) in [7, 11) is 0. The van der Waals surface area contributed by atoms with Crippen LogP contribution >= 0.6 is 15.9 Å². The van der Waals surface area contributed by atoms with Gasteiger partial charge in [-0.2, -0.15) is 0 Å². The van der Waals surface area contributed by atoms with Crippen LogP contribution in [0.3, 0.4) is 0 Å². The molecule has 0 atom stereocenters. The lowest BCUT2D eigenvalue weighted by Gasteiger charge is -2.44. The molecule has 1 aromatic rings. The first kappa shape index (κ1) is 11.6. The topological polar surface area (TPSA) is 37.3 Å². The highest BCUT2D eigenvalue weighted by atomic mass is 79.9. The van der Waals surface area contributed by atoms with Crippen molar-refractivity contribution in [2.75, 3.05) is 0 Å². The van der Waals surface area contributed by atoms with Gasteiger partial charge in [0, 0.05) is 4.47 Å². The summed E-state index contributed by atoms with van der Waals surface area (Å²) in [6.07, 6.45) is 2.62. The summed E-state index contributed by atoms with van der Waals surface area (Å²) in [6, 6.07) is 7.68. The van der Waals surface area contributed by atoms with Crippen LogP contribution in [0.15, 0.2) is 28.7 Å². The van der Waals surface area contributed by atoms with Gasteiger partial charge in [0.15, 0.2) is 0 Å². The second-order valence-corrected chi connectivity index (χ2v) is 5.50. The van der Waals surface area contributed by atoms with E-state index in [4.69, 9.17) is 0 Å². The lowest BCUT2D eigenvalue weighted by molar-refractivity contribution is -0.149. The molecule has 1 N–H and O–H groups in total. The minimum absolute atomic E-state index is 0.565. The molecule has 0 radical (unpaired) electrons. The van der Waals surface area contributed by atoms with Crippen molar-refractivity contribution in [3.8, 4) is 0 Å². The van der Waals surface area contributed by atoms with Gasteiger partial charge in [-0.3, -0.25) is 4.79 Å². The van der Waals surface area contributed by atoms with Crippen LogP contribution in [0, 0.1) is 5.92 Å². The Morgan fingerprint density at radius 2 is 2.25 bits per heavy atom. The molecule has 1 saturated carbocycles. The number of carboxylic acids is 1. The molecule has 0 aromatic heterocycles. The maximum atomic E-state index is 11.5. The van der Waals surface area contributed by atoms with Crippen LogP contribution in [-0.2, 0) is 10.2 Å². The Labute approximate surface area is 104 Å². The third-order valence-corrected chi connectivity index (χ3v) is 4.13. The van der Waals surface area contributed by atoms with Crippen molar-refractivity contribution >= 4 is 21.9 Å². The number of carbonyl (C=O) groups is 1. The molecule has 0 amide bonds. The Balaban J connectivity index is 2.32. The molecule has 2 nitrogen and oxygen atoms in total. The van der Waals surface area contributed by atoms with Crippen molar-refractivity contribution in [3.63, 3.8) is 0 Å². The molecule has 0 unspecified atom stereocenters. The predicted octanol–water partition coefficient (Wildman–Crippen LogP) is 3.59. The summed E-state index contributed by atoms with van der Waals surface area (Å²) < 4.78 is 0.950. The van der Waals surface area contributed by atoms with Gasteiger partial charge < -0.3 is 5.11 Å². The monoisotopic (exact) mass is 282 g/mol. The fourth-order valence-corrected chi connectivity index (χ4v) is 2.93. The normalized spacial score (nSPS) is 28.5. The van der Waals surface area contributed by atoms with Crippen LogP contribution in [-0.4, -0.2) is 11.1 Å². The Hall–Kier alpha value is -0.830. The first-order valence-corrected chi connectivity index (χ1v) is 6.37. The molecule has 0 spiro atoms. The third-order valence-electron chi connectivity index (χ3n) is 3.64. The van der Waals surface area contributed by atoms with Crippen LogP contribution in [0.25, 0.3) is 0 Å². The highest BCUT2D eigenvalue weighted by Gasteiger charge is 2.50. The third kappa shape index (κ3) is 1.77. The number of rotatable bonds is 3. The SMILES string of the molecule is CCC1CC(C(=O)O)(c2cccc(Br)c2)C1. The van der Waals surface area contributed by atoms with Crippen LogP contribution in [0.2, 0.25) is 0 Å². The average molecular weight is 283 g/mol. The van der Waals surface area contributed by atoms with Crippen molar-refractivity contribution < 1.29 is 9.90 Å². The molecule has 1 fully saturated rings. The molecular weight excluding hydrogens is 268 g/mol. The molecule has 3 heteroatoms. The van der Waals surface area contributed by atoms with Gasteiger partial charge in [-0.05, 0) is 36.5 Å². The zero-order valence-corrected chi connectivity index (χ0v) is 10.8. The summed E-state index contributed by atoms with van der Waals surface area (Å²) in [4.78, 5) is 11.5. The fourth-order valence-electron chi connectivity index (χ4n) is 2.53. The summed E-state index contributed by atoms with van der Waals surface area (Å²) in [5.41, 5.74) is 0.295. The van der Waals surface area contributed by atoms with Crippen molar-refractivity contribution in [1.29, 1.82) is 0 Å². The molecule has 0 bridgehead atoms. The maximum Gasteiger partial charge on any atom is 0.314 e. The highest BCUT2D eigenvalue weighted by molar-refractivity contribution is 9.10. The van der Waals surface area contributed by atoms with Crippen LogP contribution in [0.1, 0.15) is 31.7 Å². The average Bonchev–Trinajstić information content (AvgIpc) is 2.16. The first-order chi connectivity index (χ1) is 7.58. The second-order valence-electron chi connectivity index (χ2n) is 4.58. The van der Waals surface area contributed by atoms with Gasteiger partial charge in [-0.15, -0.1) is 0 Å². The fraction of sp³-hybridized carbons (Fsp3) is 0.462. The largest absolute Gasteiger partial charge is 0.481 e. The van der Waals surface area contributed by atoms with Gasteiger partial charge in [-0.1, -0.05) is 41.4 Å². The lowest BCUT2D eigenvalue weighted by Crippen LogP contribution is -2.47. The van der Waals surface area contributed by atoms with Gasteiger partial charge in [0.05, 0.1) is 5.41 Å². The van der Waals surface area contributed by atoms with E-state index < -0.39 is 11.4 Å². The van der Waals surface area contributed by atoms with E-state index in [-0.39, 0.29) is 0 Å². The first-order valence-electron chi connectivity index (χ1n) is 5.58. The predicted molar refractivity (Wildman–Crippen MR) is 66.5 cm³/mol. The van der Waals surface area contributed by atoms with E-state index >= 15 is 0 Å². The Morgan fingerprint density at radius 3 is 2.75 bits per heavy atom. The van der Waals surface area contributed by atoms with Gasteiger partial charge in [-0.25, -0.2) is 0 Å². The van der Waals surface area contributed by atoms with E-state index in [9.17, 15) is 9.90 Å². The number of halogens is 1. The number of carboxylic acid groups (broad SMARTS) is 1. The minimum atomic E-state index is -0.685. The quantitative estimate of drug-likeness (QED) is 0.920. The Morgan fingerprint density at radius 1 is 1.56 bits per heavy atom. The van der Waals surface area contributed by atoms with Crippen LogP contribution < -0.4 is 0 Å². The van der Waals surface area contributed by atoms with Crippen LogP contribution in [0.5, 0.6) is 0 Å². The van der Waals surface area contributed by atoms with Gasteiger partial charge >= 0.3 is 5.97 Å². The van der Waals surface area contributed by atoms with E-state index in [0.29, 0.717) is 5.92 Å².